The molecule has 1 atom stereocenters. The largest absolute Gasteiger partial charge is 0.342 e. The summed E-state index contributed by atoms with van der Waals surface area (Å²) in [6.45, 7) is 1.16. The fraction of sp³-hybridized carbons (Fsp3) is 0.857. The number of hydrogen-bond donors (Lipinski definition) is 1. The minimum absolute atomic E-state index is 0.0411. The lowest BCUT2D eigenvalue weighted by molar-refractivity contribution is -0.127. The van der Waals surface area contributed by atoms with Crippen molar-refractivity contribution in [2.75, 3.05) is 18.8 Å². The van der Waals surface area contributed by atoms with Crippen molar-refractivity contribution in [2.24, 2.45) is 5.14 Å². The molecule has 1 aliphatic heterocycles. The maximum absolute atomic E-state index is 11.4. The van der Waals surface area contributed by atoms with Crippen LogP contribution >= 0.6 is 15.9 Å². The molecule has 1 amide bonds. The molecule has 7 heteroatoms. The summed E-state index contributed by atoms with van der Waals surface area (Å²) in [5, 5.41) is 4.84. The molecular formula is C7H13BrN2O3S. The summed E-state index contributed by atoms with van der Waals surface area (Å²) in [6, 6.07) is 0. The molecule has 0 aromatic heterocycles. The standard InChI is InChI=1S/C7H13BrN2O3S/c8-6-2-4-10(7(6)11)3-1-5-14(9,12)13/h6H,1-5H2,(H2,9,12,13). The van der Waals surface area contributed by atoms with Crippen LogP contribution < -0.4 is 5.14 Å². The Hall–Kier alpha value is -0.140. The summed E-state index contributed by atoms with van der Waals surface area (Å²) in [5.74, 6) is -0.0246. The third-order valence-electron chi connectivity index (χ3n) is 2.09. The Morgan fingerprint density at radius 1 is 1.57 bits per heavy atom. The molecule has 82 valence electrons. The highest BCUT2D eigenvalue weighted by molar-refractivity contribution is 9.10. The first-order chi connectivity index (χ1) is 6.40. The van der Waals surface area contributed by atoms with Crippen LogP contribution in [-0.2, 0) is 14.8 Å². The quantitative estimate of drug-likeness (QED) is 0.718. The highest BCUT2D eigenvalue weighted by Gasteiger charge is 2.28. The van der Waals surface area contributed by atoms with Gasteiger partial charge in [-0.25, -0.2) is 13.6 Å². The van der Waals surface area contributed by atoms with E-state index in [1.54, 1.807) is 4.90 Å². The van der Waals surface area contributed by atoms with Crippen LogP contribution in [0.5, 0.6) is 0 Å². The molecular weight excluding hydrogens is 272 g/mol. The molecule has 0 radical (unpaired) electrons. The van der Waals surface area contributed by atoms with Crippen molar-refractivity contribution in [3.05, 3.63) is 0 Å². The van der Waals surface area contributed by atoms with Crippen LogP contribution in [-0.4, -0.2) is 42.9 Å². The summed E-state index contributed by atoms with van der Waals surface area (Å²) < 4.78 is 21.2. The lowest BCUT2D eigenvalue weighted by atomic mass is 10.4. The Labute approximate surface area is 91.8 Å². The topological polar surface area (TPSA) is 80.5 Å². The maximum Gasteiger partial charge on any atom is 0.236 e. The number of amides is 1. The average molecular weight is 285 g/mol. The van der Waals surface area contributed by atoms with Crippen molar-refractivity contribution in [1.29, 1.82) is 0 Å². The predicted molar refractivity (Wildman–Crippen MR) is 56.5 cm³/mol. The molecule has 1 saturated heterocycles. The van der Waals surface area contributed by atoms with Crippen molar-refractivity contribution in [3.63, 3.8) is 0 Å². The molecule has 0 spiro atoms. The number of rotatable bonds is 4. The molecule has 1 fully saturated rings. The number of primary sulfonamides is 1. The van der Waals surface area contributed by atoms with Gasteiger partial charge in [0.05, 0.1) is 10.6 Å². The second kappa shape index (κ2) is 4.59. The molecule has 0 saturated carbocycles. The van der Waals surface area contributed by atoms with E-state index < -0.39 is 10.0 Å². The highest BCUT2D eigenvalue weighted by Crippen LogP contribution is 2.18. The predicted octanol–water partition coefficient (Wildman–Crippen LogP) is -0.339. The molecule has 1 unspecified atom stereocenters. The summed E-state index contributed by atoms with van der Waals surface area (Å²) in [4.78, 5) is 12.9. The molecule has 5 nitrogen and oxygen atoms in total. The number of alkyl halides is 1. The maximum atomic E-state index is 11.4. The van der Waals surface area contributed by atoms with Crippen LogP contribution in [0.4, 0.5) is 0 Å². The smallest absolute Gasteiger partial charge is 0.236 e. The number of halogens is 1. The van der Waals surface area contributed by atoms with E-state index >= 15 is 0 Å². The van der Waals surface area contributed by atoms with Gasteiger partial charge in [-0.2, -0.15) is 0 Å². The van der Waals surface area contributed by atoms with E-state index in [0.29, 0.717) is 19.5 Å². The van der Waals surface area contributed by atoms with Crippen LogP contribution in [0, 0.1) is 0 Å². The molecule has 0 aromatic rings. The van der Waals surface area contributed by atoms with Crippen LogP contribution in [0.15, 0.2) is 0 Å². The normalized spacial score (nSPS) is 23.1. The first-order valence-corrected chi connectivity index (χ1v) is 6.96. The molecule has 1 rings (SSSR count). The Morgan fingerprint density at radius 3 is 2.64 bits per heavy atom. The molecule has 0 bridgehead atoms. The van der Waals surface area contributed by atoms with Gasteiger partial charge in [0.2, 0.25) is 15.9 Å². The molecule has 0 aromatic carbocycles. The number of nitrogens with zero attached hydrogens (tertiary/aromatic N) is 1. The summed E-state index contributed by atoms with van der Waals surface area (Å²) in [7, 11) is -3.40. The van der Waals surface area contributed by atoms with Gasteiger partial charge in [0, 0.05) is 13.1 Å². The zero-order valence-electron chi connectivity index (χ0n) is 7.65. The van der Waals surface area contributed by atoms with Gasteiger partial charge in [-0.1, -0.05) is 15.9 Å². The minimum Gasteiger partial charge on any atom is -0.342 e. The van der Waals surface area contributed by atoms with Crippen LogP contribution in [0.1, 0.15) is 12.8 Å². The molecule has 2 N–H and O–H groups in total. The van der Waals surface area contributed by atoms with Gasteiger partial charge in [0.1, 0.15) is 0 Å². The van der Waals surface area contributed by atoms with Crippen molar-refractivity contribution < 1.29 is 13.2 Å². The lowest BCUT2D eigenvalue weighted by Crippen LogP contribution is -2.30. The first-order valence-electron chi connectivity index (χ1n) is 4.33. The van der Waals surface area contributed by atoms with Crippen molar-refractivity contribution >= 4 is 31.9 Å². The Bertz CT molecular complexity index is 317. The zero-order valence-corrected chi connectivity index (χ0v) is 10.1. The van der Waals surface area contributed by atoms with E-state index in [1.807, 2.05) is 0 Å². The summed E-state index contributed by atoms with van der Waals surface area (Å²) >= 11 is 3.24. The number of carbonyl (C=O) groups excluding carboxylic acids is 1. The van der Waals surface area contributed by atoms with Gasteiger partial charge in [-0.15, -0.1) is 0 Å². The van der Waals surface area contributed by atoms with Crippen molar-refractivity contribution in [2.45, 2.75) is 17.7 Å². The number of likely N-dealkylation sites (tertiary alicyclic amines) is 1. The fourth-order valence-electron chi connectivity index (χ4n) is 1.38. The van der Waals surface area contributed by atoms with E-state index in [0.717, 1.165) is 6.42 Å². The first kappa shape index (κ1) is 11.9. The summed E-state index contributed by atoms with van der Waals surface area (Å²) in [6.07, 6.45) is 1.19. The van der Waals surface area contributed by atoms with Gasteiger partial charge in [0.15, 0.2) is 0 Å². The fourth-order valence-corrected chi connectivity index (χ4v) is 2.41. The van der Waals surface area contributed by atoms with Crippen LogP contribution in [0.3, 0.4) is 0 Å². The second-order valence-corrected chi connectivity index (χ2v) is 6.14. The third-order valence-corrected chi connectivity index (χ3v) is 3.80. The summed E-state index contributed by atoms with van der Waals surface area (Å²) in [5.41, 5.74) is 0. The average Bonchev–Trinajstić information content (AvgIpc) is 2.33. The Morgan fingerprint density at radius 2 is 2.21 bits per heavy atom. The Kier molecular flexibility index (Phi) is 3.91. The van der Waals surface area contributed by atoms with E-state index in [-0.39, 0.29) is 16.5 Å². The van der Waals surface area contributed by atoms with Crippen molar-refractivity contribution in [3.8, 4) is 0 Å². The van der Waals surface area contributed by atoms with Crippen LogP contribution in [0.25, 0.3) is 0 Å². The molecule has 1 aliphatic rings. The zero-order chi connectivity index (χ0) is 10.8. The number of sulfonamides is 1. The van der Waals surface area contributed by atoms with Crippen LogP contribution in [0.2, 0.25) is 0 Å². The SMILES string of the molecule is NS(=O)(=O)CCCN1CCC(Br)C1=O. The minimum atomic E-state index is -3.40. The van der Waals surface area contributed by atoms with Gasteiger partial charge < -0.3 is 4.90 Å². The van der Waals surface area contributed by atoms with Crippen molar-refractivity contribution in [1.82, 2.24) is 4.90 Å². The van der Waals surface area contributed by atoms with E-state index in [2.05, 4.69) is 15.9 Å². The highest BCUT2D eigenvalue weighted by atomic mass is 79.9. The number of hydrogen-bond acceptors (Lipinski definition) is 3. The van der Waals surface area contributed by atoms with Gasteiger partial charge in [-0.3, -0.25) is 4.79 Å². The number of nitrogens with two attached hydrogens (primary N) is 1. The van der Waals surface area contributed by atoms with Gasteiger partial charge >= 0.3 is 0 Å². The lowest BCUT2D eigenvalue weighted by Gasteiger charge is -2.14. The monoisotopic (exact) mass is 284 g/mol. The molecule has 0 aliphatic carbocycles. The Balaban J connectivity index is 2.30. The van der Waals surface area contributed by atoms with E-state index in [9.17, 15) is 13.2 Å². The molecule has 14 heavy (non-hydrogen) atoms. The number of carbonyl (C=O) groups is 1. The van der Waals surface area contributed by atoms with Gasteiger partial charge in [-0.05, 0) is 12.8 Å². The third kappa shape index (κ3) is 3.55. The molecule has 1 heterocycles. The van der Waals surface area contributed by atoms with Gasteiger partial charge in [0.25, 0.3) is 0 Å². The van der Waals surface area contributed by atoms with E-state index in [1.165, 1.54) is 0 Å². The van der Waals surface area contributed by atoms with E-state index in [4.69, 9.17) is 5.14 Å². The second-order valence-electron chi connectivity index (χ2n) is 3.30.